The van der Waals surface area contributed by atoms with Crippen molar-refractivity contribution in [3.8, 4) is 0 Å². The van der Waals surface area contributed by atoms with Gasteiger partial charge in [-0.15, -0.1) is 6.58 Å². The summed E-state index contributed by atoms with van der Waals surface area (Å²) in [5, 5.41) is 0. The molecular formula is C13H22O. The van der Waals surface area contributed by atoms with Gasteiger partial charge in [-0.05, 0) is 25.2 Å². The van der Waals surface area contributed by atoms with Crippen LogP contribution in [0.4, 0.5) is 0 Å². The Balaban J connectivity index is 2.61. The number of carbonyl (C=O) groups excluding carboxylic acids is 1. The Kier molecular flexibility index (Phi) is 3.91. The molecule has 14 heavy (non-hydrogen) atoms. The van der Waals surface area contributed by atoms with Crippen molar-refractivity contribution in [2.24, 2.45) is 11.3 Å². The SMILES string of the molecule is C=CCCC(=O)C1(C)CCCCC1C. The van der Waals surface area contributed by atoms with E-state index in [2.05, 4.69) is 20.4 Å². The normalized spacial score (nSPS) is 32.6. The molecule has 0 aromatic carbocycles. The van der Waals surface area contributed by atoms with Gasteiger partial charge in [-0.25, -0.2) is 0 Å². The van der Waals surface area contributed by atoms with Crippen LogP contribution in [-0.4, -0.2) is 5.78 Å². The topological polar surface area (TPSA) is 17.1 Å². The van der Waals surface area contributed by atoms with Crippen LogP contribution in [0.5, 0.6) is 0 Å². The molecule has 1 aliphatic rings. The molecule has 0 N–H and O–H groups in total. The zero-order valence-corrected chi connectivity index (χ0v) is 9.51. The number of allylic oxidation sites excluding steroid dienone is 1. The lowest BCUT2D eigenvalue weighted by Gasteiger charge is -2.38. The number of carbonyl (C=O) groups is 1. The van der Waals surface area contributed by atoms with E-state index < -0.39 is 0 Å². The Morgan fingerprint density at radius 2 is 2.29 bits per heavy atom. The molecule has 1 saturated carbocycles. The fourth-order valence-electron chi connectivity index (χ4n) is 2.44. The van der Waals surface area contributed by atoms with E-state index in [9.17, 15) is 4.79 Å². The number of rotatable bonds is 4. The zero-order chi connectivity index (χ0) is 10.6. The Bertz CT molecular complexity index is 219. The van der Waals surface area contributed by atoms with Crippen molar-refractivity contribution in [1.29, 1.82) is 0 Å². The first-order valence-electron chi connectivity index (χ1n) is 5.75. The second-order valence-electron chi connectivity index (χ2n) is 4.81. The maximum Gasteiger partial charge on any atom is 0.139 e. The summed E-state index contributed by atoms with van der Waals surface area (Å²) < 4.78 is 0. The predicted octanol–water partition coefficient (Wildman–Crippen LogP) is 3.74. The monoisotopic (exact) mass is 194 g/mol. The molecular weight excluding hydrogens is 172 g/mol. The number of hydrogen-bond donors (Lipinski definition) is 0. The lowest BCUT2D eigenvalue weighted by molar-refractivity contribution is -0.132. The molecule has 0 aromatic heterocycles. The van der Waals surface area contributed by atoms with Crippen LogP contribution < -0.4 is 0 Å². The smallest absolute Gasteiger partial charge is 0.139 e. The molecule has 0 radical (unpaired) electrons. The van der Waals surface area contributed by atoms with E-state index in [1.54, 1.807) is 0 Å². The van der Waals surface area contributed by atoms with Crippen LogP contribution in [0.15, 0.2) is 12.7 Å². The number of hydrogen-bond acceptors (Lipinski definition) is 1. The van der Waals surface area contributed by atoms with Gasteiger partial charge in [0.05, 0.1) is 0 Å². The zero-order valence-electron chi connectivity index (χ0n) is 9.51. The van der Waals surface area contributed by atoms with Crippen molar-refractivity contribution in [3.63, 3.8) is 0 Å². The van der Waals surface area contributed by atoms with Crippen molar-refractivity contribution in [3.05, 3.63) is 12.7 Å². The van der Waals surface area contributed by atoms with Gasteiger partial charge < -0.3 is 0 Å². The van der Waals surface area contributed by atoms with E-state index in [1.165, 1.54) is 19.3 Å². The molecule has 0 aliphatic heterocycles. The second kappa shape index (κ2) is 4.77. The van der Waals surface area contributed by atoms with Crippen molar-refractivity contribution in [2.75, 3.05) is 0 Å². The molecule has 0 heterocycles. The molecule has 0 bridgehead atoms. The van der Waals surface area contributed by atoms with E-state index in [1.807, 2.05) is 6.08 Å². The van der Waals surface area contributed by atoms with Gasteiger partial charge in [-0.3, -0.25) is 4.79 Å². The molecule has 1 fully saturated rings. The van der Waals surface area contributed by atoms with Crippen LogP contribution in [-0.2, 0) is 4.79 Å². The minimum absolute atomic E-state index is 0.0404. The predicted molar refractivity (Wildman–Crippen MR) is 60.2 cm³/mol. The Morgan fingerprint density at radius 1 is 1.57 bits per heavy atom. The molecule has 0 amide bonds. The maximum atomic E-state index is 12.0. The Morgan fingerprint density at radius 3 is 2.86 bits per heavy atom. The van der Waals surface area contributed by atoms with Gasteiger partial charge in [0.1, 0.15) is 5.78 Å². The highest BCUT2D eigenvalue weighted by Crippen LogP contribution is 2.42. The lowest BCUT2D eigenvalue weighted by atomic mass is 9.65. The van der Waals surface area contributed by atoms with Gasteiger partial charge in [0, 0.05) is 11.8 Å². The molecule has 0 saturated heterocycles. The van der Waals surface area contributed by atoms with E-state index in [-0.39, 0.29) is 5.41 Å². The van der Waals surface area contributed by atoms with Crippen molar-refractivity contribution in [1.82, 2.24) is 0 Å². The van der Waals surface area contributed by atoms with E-state index >= 15 is 0 Å². The molecule has 0 spiro atoms. The minimum Gasteiger partial charge on any atom is -0.299 e. The molecule has 1 aliphatic carbocycles. The van der Waals surface area contributed by atoms with Crippen molar-refractivity contribution >= 4 is 5.78 Å². The number of ketones is 1. The third kappa shape index (κ3) is 2.26. The average molecular weight is 194 g/mol. The van der Waals surface area contributed by atoms with Gasteiger partial charge in [-0.2, -0.15) is 0 Å². The minimum atomic E-state index is -0.0404. The van der Waals surface area contributed by atoms with Gasteiger partial charge in [0.25, 0.3) is 0 Å². The molecule has 2 atom stereocenters. The van der Waals surface area contributed by atoms with E-state index in [4.69, 9.17) is 0 Å². The van der Waals surface area contributed by atoms with Crippen LogP contribution in [0.1, 0.15) is 52.4 Å². The largest absolute Gasteiger partial charge is 0.299 e. The van der Waals surface area contributed by atoms with Crippen LogP contribution in [0.3, 0.4) is 0 Å². The van der Waals surface area contributed by atoms with E-state index in [0.717, 1.165) is 12.8 Å². The first-order valence-corrected chi connectivity index (χ1v) is 5.75. The fourth-order valence-corrected chi connectivity index (χ4v) is 2.44. The summed E-state index contributed by atoms with van der Waals surface area (Å²) in [5.41, 5.74) is -0.0404. The second-order valence-corrected chi connectivity index (χ2v) is 4.81. The molecule has 0 aromatic rings. The van der Waals surface area contributed by atoms with Crippen LogP contribution in [0.25, 0.3) is 0 Å². The highest BCUT2D eigenvalue weighted by Gasteiger charge is 2.39. The quantitative estimate of drug-likeness (QED) is 0.623. The summed E-state index contributed by atoms with van der Waals surface area (Å²) in [6.07, 6.45) is 8.19. The molecule has 1 heteroatoms. The summed E-state index contributed by atoms with van der Waals surface area (Å²) in [6.45, 7) is 8.05. The third-order valence-corrected chi connectivity index (χ3v) is 3.88. The summed E-state index contributed by atoms with van der Waals surface area (Å²) in [4.78, 5) is 12.0. The summed E-state index contributed by atoms with van der Waals surface area (Å²) >= 11 is 0. The standard InChI is InChI=1S/C13H22O/c1-4-5-9-12(14)13(3)10-7-6-8-11(13)2/h4,11H,1,5-10H2,2-3H3. The molecule has 1 nitrogen and oxygen atoms in total. The highest BCUT2D eigenvalue weighted by atomic mass is 16.1. The van der Waals surface area contributed by atoms with E-state index in [0.29, 0.717) is 18.1 Å². The molecule has 80 valence electrons. The maximum absolute atomic E-state index is 12.0. The first kappa shape index (κ1) is 11.5. The average Bonchev–Trinajstić information content (AvgIpc) is 2.19. The Hall–Kier alpha value is -0.590. The van der Waals surface area contributed by atoms with Gasteiger partial charge in [-0.1, -0.05) is 32.8 Å². The highest BCUT2D eigenvalue weighted by molar-refractivity contribution is 5.84. The fraction of sp³-hybridized carbons (Fsp3) is 0.769. The molecule has 1 rings (SSSR count). The lowest BCUT2D eigenvalue weighted by Crippen LogP contribution is -2.36. The summed E-state index contributed by atoms with van der Waals surface area (Å²) in [5.74, 6) is 1.01. The van der Waals surface area contributed by atoms with Gasteiger partial charge in [0.15, 0.2) is 0 Å². The molecule has 2 unspecified atom stereocenters. The van der Waals surface area contributed by atoms with Crippen LogP contribution in [0.2, 0.25) is 0 Å². The number of Topliss-reactive ketones (excluding diaryl/α,β-unsaturated/α-hetero) is 1. The third-order valence-electron chi connectivity index (χ3n) is 3.88. The van der Waals surface area contributed by atoms with Crippen molar-refractivity contribution < 1.29 is 4.79 Å². The van der Waals surface area contributed by atoms with Crippen LogP contribution in [0, 0.1) is 11.3 Å². The van der Waals surface area contributed by atoms with Crippen LogP contribution >= 0.6 is 0 Å². The summed E-state index contributed by atoms with van der Waals surface area (Å²) in [6, 6.07) is 0. The van der Waals surface area contributed by atoms with Gasteiger partial charge in [0.2, 0.25) is 0 Å². The summed E-state index contributed by atoms with van der Waals surface area (Å²) in [7, 11) is 0. The Labute approximate surface area is 87.6 Å². The van der Waals surface area contributed by atoms with Crippen molar-refractivity contribution in [2.45, 2.75) is 52.4 Å². The van der Waals surface area contributed by atoms with Gasteiger partial charge >= 0.3 is 0 Å². The first-order chi connectivity index (χ1) is 6.61.